The van der Waals surface area contributed by atoms with E-state index in [0.29, 0.717) is 13.0 Å². The molecular weight excluding hydrogens is 256 g/mol. The number of fused-ring (bicyclic) bond motifs is 1. The number of ether oxygens (including phenoxy) is 1. The third-order valence-electron chi connectivity index (χ3n) is 3.38. The van der Waals surface area contributed by atoms with E-state index in [1.165, 1.54) is 0 Å². The van der Waals surface area contributed by atoms with Gasteiger partial charge in [0.2, 0.25) is 0 Å². The maximum Gasteiger partial charge on any atom is 0.315 e. The monoisotopic (exact) mass is 278 g/mol. The Morgan fingerprint density at radius 1 is 1.50 bits per heavy atom. The molecule has 0 fully saturated rings. The van der Waals surface area contributed by atoms with E-state index >= 15 is 0 Å². The van der Waals surface area contributed by atoms with Crippen molar-refractivity contribution < 1.29 is 14.6 Å². The van der Waals surface area contributed by atoms with Crippen molar-refractivity contribution in [3.63, 3.8) is 0 Å². The predicted octanol–water partition coefficient (Wildman–Crippen LogP) is 1.97. The van der Waals surface area contributed by atoms with Gasteiger partial charge in [-0.2, -0.15) is 0 Å². The minimum atomic E-state index is -0.479. The summed E-state index contributed by atoms with van der Waals surface area (Å²) in [6, 6.07) is 7.44. The Morgan fingerprint density at radius 3 is 3.10 bits per heavy atom. The molecule has 1 aromatic carbocycles. The summed E-state index contributed by atoms with van der Waals surface area (Å²) in [6.07, 6.45) is 1.87. The van der Waals surface area contributed by atoms with Gasteiger partial charge in [0.05, 0.1) is 18.8 Å². The number of hydrogen-bond donors (Lipinski definition) is 3. The molecule has 0 spiro atoms. The lowest BCUT2D eigenvalue weighted by Gasteiger charge is -2.26. The maximum absolute atomic E-state index is 11.9. The Morgan fingerprint density at radius 2 is 2.30 bits per heavy atom. The van der Waals surface area contributed by atoms with Crippen molar-refractivity contribution in [1.82, 2.24) is 10.6 Å². The first kappa shape index (κ1) is 14.7. The Bertz CT molecular complexity index is 450. The van der Waals surface area contributed by atoms with Gasteiger partial charge in [-0.1, -0.05) is 31.5 Å². The Kier molecular flexibility index (Phi) is 5.24. The van der Waals surface area contributed by atoms with Crippen molar-refractivity contribution in [2.24, 2.45) is 0 Å². The van der Waals surface area contributed by atoms with Crippen molar-refractivity contribution >= 4 is 6.03 Å². The van der Waals surface area contributed by atoms with Crippen molar-refractivity contribution in [3.8, 4) is 5.75 Å². The third-order valence-corrected chi connectivity index (χ3v) is 3.38. The molecule has 0 aromatic heterocycles. The average molecular weight is 278 g/mol. The molecule has 2 unspecified atom stereocenters. The van der Waals surface area contributed by atoms with Crippen LogP contribution in [-0.4, -0.2) is 30.4 Å². The highest BCUT2D eigenvalue weighted by molar-refractivity contribution is 5.74. The normalized spacial score (nSPS) is 18.6. The first-order valence-electron chi connectivity index (χ1n) is 7.15. The highest BCUT2D eigenvalue weighted by Gasteiger charge is 2.22. The molecule has 1 aliphatic rings. The maximum atomic E-state index is 11.9. The summed E-state index contributed by atoms with van der Waals surface area (Å²) in [4.78, 5) is 11.9. The van der Waals surface area contributed by atoms with Gasteiger partial charge in [-0.05, 0) is 12.5 Å². The van der Waals surface area contributed by atoms with Crippen LogP contribution in [0.25, 0.3) is 0 Å². The molecule has 1 heterocycles. The van der Waals surface area contributed by atoms with Gasteiger partial charge in [-0.25, -0.2) is 4.79 Å². The zero-order chi connectivity index (χ0) is 14.4. The fourth-order valence-corrected chi connectivity index (χ4v) is 2.35. The van der Waals surface area contributed by atoms with Crippen LogP contribution in [0, 0.1) is 0 Å². The van der Waals surface area contributed by atoms with Crippen LogP contribution in [0.3, 0.4) is 0 Å². The molecule has 0 radical (unpaired) electrons. The first-order chi connectivity index (χ1) is 9.70. The summed E-state index contributed by atoms with van der Waals surface area (Å²) in [7, 11) is 0. The van der Waals surface area contributed by atoms with E-state index in [0.717, 1.165) is 24.2 Å². The van der Waals surface area contributed by atoms with Crippen LogP contribution >= 0.6 is 0 Å². The SMILES string of the molecule is CCCC(O)CNC(=O)NC1CCOc2ccccc21. The Balaban J connectivity index is 1.86. The van der Waals surface area contributed by atoms with E-state index in [4.69, 9.17) is 4.74 Å². The number of rotatable bonds is 5. The zero-order valence-electron chi connectivity index (χ0n) is 11.8. The van der Waals surface area contributed by atoms with E-state index in [9.17, 15) is 9.90 Å². The van der Waals surface area contributed by atoms with Gasteiger partial charge in [0, 0.05) is 18.5 Å². The van der Waals surface area contributed by atoms with Gasteiger partial charge in [-0.15, -0.1) is 0 Å². The van der Waals surface area contributed by atoms with Crippen LogP contribution in [0.5, 0.6) is 5.75 Å². The number of carbonyl (C=O) groups excluding carboxylic acids is 1. The molecule has 3 N–H and O–H groups in total. The molecule has 0 bridgehead atoms. The van der Waals surface area contributed by atoms with Crippen LogP contribution in [0.4, 0.5) is 4.79 Å². The molecule has 5 heteroatoms. The lowest BCUT2D eigenvalue weighted by Crippen LogP contribution is -2.42. The van der Waals surface area contributed by atoms with Crippen LogP contribution in [0.2, 0.25) is 0 Å². The number of hydrogen-bond acceptors (Lipinski definition) is 3. The number of carbonyl (C=O) groups is 1. The van der Waals surface area contributed by atoms with Crippen LogP contribution < -0.4 is 15.4 Å². The molecule has 0 saturated heterocycles. The number of aliphatic hydroxyl groups is 1. The highest BCUT2D eigenvalue weighted by Crippen LogP contribution is 2.31. The van der Waals surface area contributed by atoms with Gasteiger partial charge in [0.25, 0.3) is 0 Å². The molecule has 1 aliphatic heterocycles. The number of urea groups is 1. The summed E-state index contributed by atoms with van der Waals surface area (Å²) < 4.78 is 5.55. The summed E-state index contributed by atoms with van der Waals surface area (Å²) in [6.45, 7) is 2.88. The van der Waals surface area contributed by atoms with Gasteiger partial charge in [-0.3, -0.25) is 0 Å². The van der Waals surface area contributed by atoms with Crippen LogP contribution in [0.1, 0.15) is 37.8 Å². The van der Waals surface area contributed by atoms with E-state index in [1.54, 1.807) is 0 Å². The number of para-hydroxylation sites is 1. The number of amides is 2. The number of benzene rings is 1. The molecule has 0 aliphatic carbocycles. The largest absolute Gasteiger partial charge is 0.493 e. The summed E-state index contributed by atoms with van der Waals surface area (Å²) in [5, 5.41) is 15.2. The Hall–Kier alpha value is -1.75. The van der Waals surface area contributed by atoms with Gasteiger partial charge in [0.15, 0.2) is 0 Å². The smallest absolute Gasteiger partial charge is 0.315 e. The second kappa shape index (κ2) is 7.14. The topological polar surface area (TPSA) is 70.6 Å². The molecule has 20 heavy (non-hydrogen) atoms. The van der Waals surface area contributed by atoms with Crippen LogP contribution in [0.15, 0.2) is 24.3 Å². The molecule has 2 atom stereocenters. The average Bonchev–Trinajstić information content (AvgIpc) is 2.46. The lowest BCUT2D eigenvalue weighted by atomic mass is 10.0. The summed E-state index contributed by atoms with van der Waals surface area (Å²) in [5.74, 6) is 0.829. The second-order valence-electron chi connectivity index (χ2n) is 5.02. The van der Waals surface area contributed by atoms with Crippen molar-refractivity contribution in [2.75, 3.05) is 13.2 Å². The number of aliphatic hydroxyl groups excluding tert-OH is 1. The third kappa shape index (κ3) is 3.87. The molecule has 2 amide bonds. The zero-order valence-corrected chi connectivity index (χ0v) is 11.8. The fourth-order valence-electron chi connectivity index (χ4n) is 2.35. The summed E-state index contributed by atoms with van der Waals surface area (Å²) >= 11 is 0. The van der Waals surface area contributed by atoms with E-state index in [-0.39, 0.29) is 18.6 Å². The van der Waals surface area contributed by atoms with E-state index in [2.05, 4.69) is 10.6 Å². The Labute approximate surface area is 119 Å². The minimum Gasteiger partial charge on any atom is -0.493 e. The van der Waals surface area contributed by atoms with Crippen molar-refractivity contribution in [3.05, 3.63) is 29.8 Å². The highest BCUT2D eigenvalue weighted by atomic mass is 16.5. The lowest BCUT2D eigenvalue weighted by molar-refractivity contribution is 0.159. The van der Waals surface area contributed by atoms with Crippen molar-refractivity contribution in [2.45, 2.75) is 38.3 Å². The molecule has 0 saturated carbocycles. The van der Waals surface area contributed by atoms with Gasteiger partial charge >= 0.3 is 6.03 Å². The van der Waals surface area contributed by atoms with Crippen molar-refractivity contribution in [1.29, 1.82) is 0 Å². The van der Waals surface area contributed by atoms with E-state index in [1.807, 2.05) is 31.2 Å². The predicted molar refractivity (Wildman–Crippen MR) is 76.7 cm³/mol. The second-order valence-corrected chi connectivity index (χ2v) is 5.02. The number of nitrogens with one attached hydrogen (secondary N) is 2. The van der Waals surface area contributed by atoms with E-state index < -0.39 is 6.10 Å². The van der Waals surface area contributed by atoms with Crippen LogP contribution in [-0.2, 0) is 0 Å². The molecule has 110 valence electrons. The molecular formula is C15H22N2O3. The fraction of sp³-hybridized carbons (Fsp3) is 0.533. The van der Waals surface area contributed by atoms with Gasteiger partial charge in [0.1, 0.15) is 5.75 Å². The van der Waals surface area contributed by atoms with Gasteiger partial charge < -0.3 is 20.5 Å². The first-order valence-corrected chi connectivity index (χ1v) is 7.15. The molecule has 5 nitrogen and oxygen atoms in total. The minimum absolute atomic E-state index is 0.0386. The molecule has 1 aromatic rings. The quantitative estimate of drug-likeness (QED) is 0.771. The summed E-state index contributed by atoms with van der Waals surface area (Å²) in [5.41, 5.74) is 1.00. The molecule has 2 rings (SSSR count). The standard InChI is InChI=1S/C15H22N2O3/c1-2-5-11(18)10-16-15(19)17-13-8-9-20-14-7-4-3-6-12(13)14/h3-4,6-7,11,13,18H,2,5,8-10H2,1H3,(H2,16,17,19).